The van der Waals surface area contributed by atoms with Gasteiger partial charge in [0, 0.05) is 42.3 Å². The zero-order valence-corrected chi connectivity index (χ0v) is 18.7. The normalized spacial score (nSPS) is 11.4. The average molecular weight is 490 g/mol. The summed E-state index contributed by atoms with van der Waals surface area (Å²) < 4.78 is 46.7. The van der Waals surface area contributed by atoms with E-state index in [4.69, 9.17) is 4.74 Å². The maximum Gasteiger partial charge on any atom is 0.416 e. The van der Waals surface area contributed by atoms with E-state index in [1.807, 2.05) is 6.07 Å². The molecule has 0 aliphatic heterocycles. The van der Waals surface area contributed by atoms with Gasteiger partial charge in [0.25, 0.3) is 11.8 Å². The lowest BCUT2D eigenvalue weighted by atomic mass is 10.1. The van der Waals surface area contributed by atoms with Crippen molar-refractivity contribution in [2.75, 3.05) is 5.32 Å². The SMILES string of the molecule is Cn1cnc2c(Oc3cccc(NC(=O)c4cccc(C(F)(F)F)c4)c3)nc(-c3cccnc3)nc21. The Kier molecular flexibility index (Phi) is 5.80. The number of nitrogens with one attached hydrogen (secondary N) is 1. The third kappa shape index (κ3) is 4.71. The van der Waals surface area contributed by atoms with Crippen molar-refractivity contribution >= 4 is 22.8 Å². The van der Waals surface area contributed by atoms with Gasteiger partial charge in [-0.15, -0.1) is 0 Å². The minimum absolute atomic E-state index is 0.122. The lowest BCUT2D eigenvalue weighted by Crippen LogP contribution is -2.14. The molecule has 5 aromatic rings. The van der Waals surface area contributed by atoms with E-state index >= 15 is 0 Å². The van der Waals surface area contributed by atoms with E-state index in [0.29, 0.717) is 34.0 Å². The molecular formula is C25H17F3N6O2. The van der Waals surface area contributed by atoms with E-state index in [2.05, 4.69) is 25.3 Å². The second kappa shape index (κ2) is 9.10. The van der Waals surface area contributed by atoms with Gasteiger partial charge in [-0.2, -0.15) is 18.2 Å². The lowest BCUT2D eigenvalue weighted by molar-refractivity contribution is -0.137. The van der Waals surface area contributed by atoms with Crippen LogP contribution in [0, 0.1) is 0 Å². The first-order chi connectivity index (χ1) is 17.3. The summed E-state index contributed by atoms with van der Waals surface area (Å²) in [6.45, 7) is 0. The molecule has 0 atom stereocenters. The maximum atomic E-state index is 13.0. The Hall–Kier alpha value is -4.80. The zero-order valence-electron chi connectivity index (χ0n) is 18.7. The Labute approximate surface area is 202 Å². The molecule has 0 unspecified atom stereocenters. The van der Waals surface area contributed by atoms with Crippen molar-refractivity contribution in [1.82, 2.24) is 24.5 Å². The summed E-state index contributed by atoms with van der Waals surface area (Å²) in [5, 5.41) is 2.59. The van der Waals surface area contributed by atoms with Crippen molar-refractivity contribution in [1.29, 1.82) is 0 Å². The van der Waals surface area contributed by atoms with Crippen molar-refractivity contribution in [2.45, 2.75) is 6.18 Å². The second-order valence-electron chi connectivity index (χ2n) is 7.78. The van der Waals surface area contributed by atoms with Gasteiger partial charge < -0.3 is 14.6 Å². The van der Waals surface area contributed by atoms with Crippen LogP contribution >= 0.6 is 0 Å². The maximum absolute atomic E-state index is 13.0. The van der Waals surface area contributed by atoms with Crippen molar-refractivity contribution in [3.63, 3.8) is 0 Å². The molecule has 36 heavy (non-hydrogen) atoms. The molecule has 8 nitrogen and oxygen atoms in total. The van der Waals surface area contributed by atoms with Crippen LogP contribution in [0.2, 0.25) is 0 Å². The Balaban J connectivity index is 1.43. The number of pyridine rings is 1. The summed E-state index contributed by atoms with van der Waals surface area (Å²) in [5.41, 5.74) is 0.973. The first kappa shape index (κ1) is 23.0. The Bertz CT molecular complexity index is 1570. The standard InChI is InChI=1S/C25H17F3N6O2/c1-34-14-30-20-22(34)32-21(16-6-4-10-29-13-16)33-24(20)36-19-9-3-8-18(12-19)31-23(35)15-5-2-7-17(11-15)25(26,27)28/h2-14H,1H3,(H,31,35). The molecule has 0 spiro atoms. The van der Waals surface area contributed by atoms with Crippen molar-refractivity contribution in [3.8, 4) is 23.0 Å². The van der Waals surface area contributed by atoms with E-state index in [-0.39, 0.29) is 11.4 Å². The third-order valence-corrected chi connectivity index (χ3v) is 5.21. The number of imidazole rings is 1. The number of amides is 1. The molecule has 0 fully saturated rings. The van der Waals surface area contributed by atoms with Gasteiger partial charge in [0.2, 0.25) is 0 Å². The highest BCUT2D eigenvalue weighted by molar-refractivity contribution is 6.04. The number of aromatic nitrogens is 5. The van der Waals surface area contributed by atoms with Crippen LogP contribution in [0.3, 0.4) is 0 Å². The van der Waals surface area contributed by atoms with Gasteiger partial charge in [0.05, 0.1) is 11.9 Å². The van der Waals surface area contributed by atoms with Crippen molar-refractivity contribution < 1.29 is 22.7 Å². The lowest BCUT2D eigenvalue weighted by Gasteiger charge is -2.11. The summed E-state index contributed by atoms with van der Waals surface area (Å²) in [7, 11) is 1.79. The first-order valence-corrected chi connectivity index (χ1v) is 10.6. The summed E-state index contributed by atoms with van der Waals surface area (Å²) in [4.78, 5) is 30.1. The van der Waals surface area contributed by atoms with E-state index < -0.39 is 17.6 Å². The van der Waals surface area contributed by atoms with E-state index in [0.717, 1.165) is 12.1 Å². The number of carbonyl (C=O) groups is 1. The molecule has 3 aromatic heterocycles. The van der Waals surface area contributed by atoms with Gasteiger partial charge in [-0.1, -0.05) is 12.1 Å². The summed E-state index contributed by atoms with van der Waals surface area (Å²) in [5.74, 6) is 0.231. The molecule has 11 heteroatoms. The van der Waals surface area contributed by atoms with Crippen molar-refractivity contribution in [2.24, 2.45) is 7.05 Å². The van der Waals surface area contributed by atoms with Crippen LogP contribution in [-0.4, -0.2) is 30.4 Å². The zero-order chi connectivity index (χ0) is 25.3. The largest absolute Gasteiger partial charge is 0.437 e. The highest BCUT2D eigenvalue weighted by atomic mass is 19.4. The molecule has 0 aliphatic rings. The number of halogens is 3. The Morgan fingerprint density at radius 2 is 1.86 bits per heavy atom. The fraction of sp³-hybridized carbons (Fsp3) is 0.0800. The van der Waals surface area contributed by atoms with Gasteiger partial charge in [0.15, 0.2) is 17.0 Å². The molecule has 0 aliphatic carbocycles. The number of hydrogen-bond donors (Lipinski definition) is 1. The van der Waals surface area contributed by atoms with Crippen LogP contribution in [0.1, 0.15) is 15.9 Å². The van der Waals surface area contributed by atoms with Crippen LogP contribution < -0.4 is 10.1 Å². The van der Waals surface area contributed by atoms with Crippen LogP contribution in [0.25, 0.3) is 22.6 Å². The van der Waals surface area contributed by atoms with Gasteiger partial charge in [-0.3, -0.25) is 9.78 Å². The van der Waals surface area contributed by atoms with Gasteiger partial charge in [-0.05, 0) is 42.5 Å². The second-order valence-corrected chi connectivity index (χ2v) is 7.78. The molecular weight excluding hydrogens is 473 g/mol. The third-order valence-electron chi connectivity index (χ3n) is 5.21. The average Bonchev–Trinajstić information content (AvgIpc) is 3.25. The number of rotatable bonds is 5. The number of alkyl halides is 3. The number of fused-ring (bicyclic) bond motifs is 1. The Morgan fingerprint density at radius 1 is 1.03 bits per heavy atom. The highest BCUT2D eigenvalue weighted by Crippen LogP contribution is 2.31. The molecule has 0 saturated heterocycles. The quantitative estimate of drug-likeness (QED) is 0.350. The minimum atomic E-state index is -4.55. The smallest absolute Gasteiger partial charge is 0.416 e. The first-order valence-electron chi connectivity index (χ1n) is 10.6. The molecule has 180 valence electrons. The summed E-state index contributed by atoms with van der Waals surface area (Å²) in [6, 6.07) is 14.2. The van der Waals surface area contributed by atoms with E-state index in [1.165, 1.54) is 18.2 Å². The molecule has 0 saturated carbocycles. The topological polar surface area (TPSA) is 94.8 Å². The van der Waals surface area contributed by atoms with Gasteiger partial charge in [-0.25, -0.2) is 9.97 Å². The predicted molar refractivity (Wildman–Crippen MR) is 125 cm³/mol. The fourth-order valence-corrected chi connectivity index (χ4v) is 3.47. The van der Waals surface area contributed by atoms with Crippen LogP contribution in [0.15, 0.2) is 79.4 Å². The Morgan fingerprint density at radius 3 is 2.64 bits per heavy atom. The van der Waals surface area contributed by atoms with Crippen LogP contribution in [0.4, 0.5) is 18.9 Å². The number of anilines is 1. The van der Waals surface area contributed by atoms with Gasteiger partial charge >= 0.3 is 6.18 Å². The van der Waals surface area contributed by atoms with Crippen molar-refractivity contribution in [3.05, 3.63) is 90.5 Å². The monoisotopic (exact) mass is 490 g/mol. The van der Waals surface area contributed by atoms with Crippen LogP contribution in [0.5, 0.6) is 11.6 Å². The molecule has 5 rings (SSSR count). The number of benzene rings is 2. The summed E-state index contributed by atoms with van der Waals surface area (Å²) >= 11 is 0. The van der Waals surface area contributed by atoms with Gasteiger partial charge in [0.1, 0.15) is 5.75 Å². The molecule has 3 heterocycles. The molecule has 1 N–H and O–H groups in total. The van der Waals surface area contributed by atoms with E-state index in [9.17, 15) is 18.0 Å². The molecule has 0 bridgehead atoms. The minimum Gasteiger partial charge on any atom is -0.437 e. The fourth-order valence-electron chi connectivity index (χ4n) is 3.47. The highest BCUT2D eigenvalue weighted by Gasteiger charge is 2.30. The number of hydrogen-bond acceptors (Lipinski definition) is 6. The molecule has 1 amide bonds. The number of aryl methyl sites for hydroxylation is 1. The number of nitrogens with zero attached hydrogens (tertiary/aromatic N) is 5. The molecule has 0 radical (unpaired) electrons. The van der Waals surface area contributed by atoms with E-state index in [1.54, 1.807) is 54.6 Å². The van der Waals surface area contributed by atoms with Crippen LogP contribution in [-0.2, 0) is 13.2 Å². The molecule has 2 aromatic carbocycles. The summed E-state index contributed by atoms with van der Waals surface area (Å²) in [6.07, 6.45) is 0.311. The predicted octanol–water partition coefficient (Wildman–Crippen LogP) is 5.49. The number of ether oxygens (including phenoxy) is 1. The number of carbonyl (C=O) groups excluding carboxylic acids is 1.